The van der Waals surface area contributed by atoms with Crippen molar-refractivity contribution in [3.8, 4) is 0 Å². The lowest BCUT2D eigenvalue weighted by Gasteiger charge is -2.43. The molecule has 0 bridgehead atoms. The van der Waals surface area contributed by atoms with Gasteiger partial charge < -0.3 is 30.7 Å². The van der Waals surface area contributed by atoms with Gasteiger partial charge in [0.1, 0.15) is 29.9 Å². The minimum atomic E-state index is -1.26. The van der Waals surface area contributed by atoms with E-state index in [0.717, 1.165) is 17.9 Å². The fraction of sp³-hybridized carbons (Fsp3) is 0.684. The number of hydrogen-bond acceptors (Lipinski definition) is 8. The molecule has 154 valence electrons. The minimum absolute atomic E-state index is 0.0396. The largest absolute Gasteiger partial charge is 0.388 e. The van der Waals surface area contributed by atoms with Crippen LogP contribution in [0.15, 0.2) is 29.2 Å². The second-order valence-corrected chi connectivity index (χ2v) is 9.66. The van der Waals surface area contributed by atoms with Gasteiger partial charge in [0.25, 0.3) is 0 Å². The molecular weight excluding hydrogens is 384 g/mol. The van der Waals surface area contributed by atoms with Crippen LogP contribution in [0, 0.1) is 0 Å². The topological polar surface area (TPSA) is 99.2 Å². The Bertz CT molecular complexity index is 573. The molecule has 0 aliphatic carbocycles. The Morgan fingerprint density at radius 1 is 1.11 bits per heavy atom. The van der Waals surface area contributed by atoms with Crippen LogP contribution in [0.25, 0.3) is 0 Å². The lowest BCUT2D eigenvalue weighted by molar-refractivity contribution is -0.202. The summed E-state index contributed by atoms with van der Waals surface area (Å²) in [7, 11) is 4.12. The summed E-state index contributed by atoms with van der Waals surface area (Å²) >= 11 is 2.91. The molecule has 5 N–H and O–H groups in total. The van der Waals surface area contributed by atoms with Crippen molar-refractivity contribution in [3.63, 3.8) is 0 Å². The number of nitrogens with two attached hydrogens (primary N) is 1. The molecular formula is C19H32N2O4S2. The van der Waals surface area contributed by atoms with Crippen molar-refractivity contribution in [1.29, 1.82) is 0 Å². The highest BCUT2D eigenvalue weighted by atomic mass is 32.2. The van der Waals surface area contributed by atoms with Gasteiger partial charge >= 0.3 is 0 Å². The molecule has 7 atom stereocenters. The second-order valence-electron chi connectivity index (χ2n) is 7.27. The van der Waals surface area contributed by atoms with Crippen LogP contribution >= 0.6 is 23.5 Å². The van der Waals surface area contributed by atoms with Gasteiger partial charge in [0.2, 0.25) is 0 Å². The summed E-state index contributed by atoms with van der Waals surface area (Å²) in [5.74, 6) is 0. The van der Waals surface area contributed by atoms with Crippen molar-refractivity contribution in [2.24, 2.45) is 5.73 Å². The van der Waals surface area contributed by atoms with Crippen LogP contribution in [-0.2, 0) is 11.2 Å². The summed E-state index contributed by atoms with van der Waals surface area (Å²) in [4.78, 5) is 3.26. The molecule has 6 nitrogen and oxygen atoms in total. The Morgan fingerprint density at radius 2 is 1.74 bits per heavy atom. The van der Waals surface area contributed by atoms with Crippen molar-refractivity contribution in [2.75, 3.05) is 26.9 Å². The van der Waals surface area contributed by atoms with Crippen LogP contribution in [0.5, 0.6) is 0 Å². The molecule has 1 aliphatic heterocycles. The third-order valence-electron chi connectivity index (χ3n) is 4.85. The second kappa shape index (κ2) is 10.5. The van der Waals surface area contributed by atoms with Gasteiger partial charge in [0, 0.05) is 22.7 Å². The Labute approximate surface area is 170 Å². The molecule has 0 amide bonds. The number of aliphatic hydroxyl groups is 3. The number of hydrogen-bond donors (Lipinski definition) is 4. The summed E-state index contributed by atoms with van der Waals surface area (Å²) in [5.41, 5.74) is 7.04. The Kier molecular flexibility index (Phi) is 8.89. The molecule has 8 heteroatoms. The third kappa shape index (κ3) is 6.08. The van der Waals surface area contributed by atoms with E-state index in [1.165, 1.54) is 17.3 Å². The van der Waals surface area contributed by atoms with Crippen LogP contribution in [-0.4, -0.2) is 88.3 Å². The Morgan fingerprint density at radius 3 is 2.30 bits per heavy atom. The Balaban J connectivity index is 1.97. The van der Waals surface area contributed by atoms with E-state index in [1.54, 1.807) is 18.0 Å². The van der Waals surface area contributed by atoms with Crippen LogP contribution < -0.4 is 5.73 Å². The molecule has 2 rings (SSSR count). The molecule has 0 aromatic heterocycles. The first-order valence-corrected chi connectivity index (χ1v) is 11.3. The van der Waals surface area contributed by atoms with Gasteiger partial charge in [0.15, 0.2) is 0 Å². The number of benzene rings is 1. The van der Waals surface area contributed by atoms with Gasteiger partial charge in [-0.3, -0.25) is 0 Å². The van der Waals surface area contributed by atoms with Crippen LogP contribution in [0.1, 0.15) is 12.5 Å². The normalized spacial score (nSPS) is 31.1. The Hall–Kier alpha value is -0.320. The van der Waals surface area contributed by atoms with Crippen LogP contribution in [0.3, 0.4) is 0 Å². The van der Waals surface area contributed by atoms with Gasteiger partial charge in [0.05, 0.1) is 0 Å². The van der Waals surface area contributed by atoms with Crippen molar-refractivity contribution in [2.45, 2.75) is 59.4 Å². The van der Waals surface area contributed by atoms with Crippen molar-refractivity contribution in [3.05, 3.63) is 29.8 Å². The molecule has 27 heavy (non-hydrogen) atoms. The van der Waals surface area contributed by atoms with Gasteiger partial charge in [-0.25, -0.2) is 0 Å². The van der Waals surface area contributed by atoms with Gasteiger partial charge in [-0.2, -0.15) is 0 Å². The summed E-state index contributed by atoms with van der Waals surface area (Å²) in [5, 5.41) is 30.3. The fourth-order valence-corrected chi connectivity index (χ4v) is 4.75. The molecule has 1 saturated heterocycles. The van der Waals surface area contributed by atoms with Crippen molar-refractivity contribution in [1.82, 2.24) is 4.90 Å². The van der Waals surface area contributed by atoms with E-state index < -0.39 is 35.9 Å². The van der Waals surface area contributed by atoms with E-state index in [0.29, 0.717) is 0 Å². The zero-order valence-corrected chi connectivity index (χ0v) is 18.0. The smallest absolute Gasteiger partial charge is 0.132 e. The zero-order valence-electron chi connectivity index (χ0n) is 16.4. The first-order chi connectivity index (χ1) is 12.7. The summed E-state index contributed by atoms with van der Waals surface area (Å²) in [6.07, 6.45) is -1.54. The maximum atomic E-state index is 10.3. The van der Waals surface area contributed by atoms with Crippen molar-refractivity contribution >= 4 is 23.5 Å². The first kappa shape index (κ1) is 23.0. The zero-order chi connectivity index (χ0) is 20.1. The monoisotopic (exact) mass is 416 g/mol. The van der Waals surface area contributed by atoms with E-state index >= 15 is 0 Å². The molecule has 1 fully saturated rings. The van der Waals surface area contributed by atoms with E-state index in [9.17, 15) is 15.3 Å². The average Bonchev–Trinajstić information content (AvgIpc) is 2.65. The highest BCUT2D eigenvalue weighted by Gasteiger charge is 2.46. The minimum Gasteiger partial charge on any atom is -0.388 e. The molecule has 0 spiro atoms. The van der Waals surface area contributed by atoms with E-state index in [2.05, 4.69) is 43.3 Å². The predicted octanol–water partition coefficient (Wildman–Crippen LogP) is 0.769. The summed E-state index contributed by atoms with van der Waals surface area (Å²) < 4.78 is 5.78. The molecule has 1 aromatic carbocycles. The first-order valence-electron chi connectivity index (χ1n) is 9.13. The molecule has 0 saturated carbocycles. The van der Waals surface area contributed by atoms with Crippen molar-refractivity contribution < 1.29 is 20.1 Å². The van der Waals surface area contributed by atoms with Gasteiger partial charge in [-0.1, -0.05) is 19.1 Å². The number of ether oxygens (including phenoxy) is 1. The third-order valence-corrected chi connectivity index (χ3v) is 6.94. The lowest BCUT2D eigenvalue weighted by Crippen LogP contribution is -2.62. The standard InChI is InChI=1S/C19H32N2O4S2/c1-11(27-13-7-5-12(6-8-13)9-10-21(2)3)14(20)18-16(23)15(22)17(24)19(25-18)26-4/h5-8,11,14-19,22-24H,9-10,20H2,1-4H3/t11-,14+,15?,16?,17+,18+,19?/m0/s1. The number of likely N-dealkylation sites (N-methyl/N-ethyl adjacent to an activating group) is 1. The molecule has 0 radical (unpaired) electrons. The summed E-state index contributed by atoms with van der Waals surface area (Å²) in [6.45, 7) is 2.99. The quantitative estimate of drug-likeness (QED) is 0.461. The van der Waals surface area contributed by atoms with Crippen LogP contribution in [0.2, 0.25) is 0 Å². The van der Waals surface area contributed by atoms with E-state index in [4.69, 9.17) is 10.5 Å². The van der Waals surface area contributed by atoms with Gasteiger partial charge in [-0.05, 0) is 44.5 Å². The number of aliphatic hydroxyl groups excluding tert-OH is 3. The summed E-state index contributed by atoms with van der Waals surface area (Å²) in [6, 6.07) is 7.93. The average molecular weight is 417 g/mol. The SMILES string of the molecule is CSC1O[C@H]([C@H](N)[C@H](C)Sc2ccc(CCN(C)C)cc2)C(O)C(O)[C@H]1O. The fourth-order valence-electron chi connectivity index (χ4n) is 3.03. The molecule has 1 aromatic rings. The highest BCUT2D eigenvalue weighted by molar-refractivity contribution is 8.00. The molecule has 3 unspecified atom stereocenters. The molecule has 1 heterocycles. The number of rotatable bonds is 8. The predicted molar refractivity (Wildman–Crippen MR) is 112 cm³/mol. The number of nitrogens with zero attached hydrogens (tertiary/aromatic N) is 1. The van der Waals surface area contributed by atoms with Gasteiger partial charge in [-0.15, -0.1) is 23.5 Å². The maximum Gasteiger partial charge on any atom is 0.132 e. The van der Waals surface area contributed by atoms with E-state index in [-0.39, 0.29) is 5.25 Å². The molecule has 1 aliphatic rings. The lowest BCUT2D eigenvalue weighted by atomic mass is 9.94. The highest BCUT2D eigenvalue weighted by Crippen LogP contribution is 2.32. The number of thioether (sulfide) groups is 2. The van der Waals surface area contributed by atoms with Crippen LogP contribution in [0.4, 0.5) is 0 Å². The van der Waals surface area contributed by atoms with E-state index in [1.807, 2.05) is 6.92 Å². The maximum absolute atomic E-state index is 10.3.